The van der Waals surface area contributed by atoms with Crippen LogP contribution in [0.1, 0.15) is 75.6 Å². The molecule has 0 aromatic heterocycles. The van der Waals surface area contributed by atoms with Gasteiger partial charge >= 0.3 is 5.97 Å². The molecule has 3 nitrogen and oxygen atoms in total. The number of para-hydroxylation sites is 1. The Bertz CT molecular complexity index is 563. The molecule has 2 N–H and O–H groups in total. The number of benzene rings is 1. The lowest BCUT2D eigenvalue weighted by Gasteiger charge is -2.10. The van der Waals surface area contributed by atoms with Crippen LogP contribution in [0.5, 0.6) is 0 Å². The zero-order valence-corrected chi connectivity index (χ0v) is 16.5. The summed E-state index contributed by atoms with van der Waals surface area (Å²) >= 11 is 0. The zero-order chi connectivity index (χ0) is 19.0. The molecule has 1 atom stereocenters. The number of carbonyl (C=O) groups excluding carboxylic acids is 1. The third kappa shape index (κ3) is 9.45. The van der Waals surface area contributed by atoms with Gasteiger partial charge in [-0.1, -0.05) is 76.0 Å². The van der Waals surface area contributed by atoms with Crippen molar-refractivity contribution < 1.29 is 9.53 Å². The highest BCUT2D eigenvalue weighted by molar-refractivity contribution is 5.94. The van der Waals surface area contributed by atoms with E-state index in [-0.39, 0.29) is 5.97 Å². The lowest BCUT2D eigenvalue weighted by Crippen LogP contribution is -2.10. The van der Waals surface area contributed by atoms with Gasteiger partial charge < -0.3 is 10.5 Å². The van der Waals surface area contributed by atoms with Crippen LogP contribution in [0.25, 0.3) is 0 Å². The molecule has 0 aliphatic rings. The van der Waals surface area contributed by atoms with Gasteiger partial charge in [0.2, 0.25) is 0 Å². The van der Waals surface area contributed by atoms with Gasteiger partial charge in [0, 0.05) is 5.69 Å². The summed E-state index contributed by atoms with van der Waals surface area (Å²) in [7, 11) is 0. The van der Waals surface area contributed by atoms with Crippen molar-refractivity contribution in [2.45, 2.75) is 65.2 Å². The quantitative estimate of drug-likeness (QED) is 0.195. The first-order chi connectivity index (χ1) is 12.7. The fraction of sp³-hybridized carbons (Fsp3) is 0.522. The molecule has 0 aliphatic heterocycles. The SMILES string of the molecule is CCCC=CC(C=CCCCCCC)CCOC(=O)c1ccccc1N. The second kappa shape index (κ2) is 14.2. The fourth-order valence-corrected chi connectivity index (χ4v) is 2.70. The lowest BCUT2D eigenvalue weighted by atomic mass is 10.0. The van der Waals surface area contributed by atoms with E-state index < -0.39 is 0 Å². The molecule has 0 saturated carbocycles. The standard InChI is InChI=1S/C23H35NO2/c1-3-5-7-8-9-11-15-20(14-10-6-4-2)18-19-26-23(25)21-16-12-13-17-22(21)24/h10-17,20H,3-9,18-19,24H2,1-2H3. The monoisotopic (exact) mass is 357 g/mol. The van der Waals surface area contributed by atoms with E-state index in [2.05, 4.69) is 38.2 Å². The van der Waals surface area contributed by atoms with E-state index >= 15 is 0 Å². The van der Waals surface area contributed by atoms with E-state index in [0.29, 0.717) is 23.8 Å². The molecule has 1 rings (SSSR count). The first-order valence-electron chi connectivity index (χ1n) is 10.0. The van der Waals surface area contributed by atoms with Crippen LogP contribution in [0.3, 0.4) is 0 Å². The Morgan fingerprint density at radius 1 is 1.04 bits per heavy atom. The van der Waals surface area contributed by atoms with Gasteiger partial charge in [0.15, 0.2) is 0 Å². The van der Waals surface area contributed by atoms with Crippen LogP contribution in [0, 0.1) is 5.92 Å². The van der Waals surface area contributed by atoms with Gasteiger partial charge in [0.1, 0.15) is 0 Å². The Kier molecular flexibility index (Phi) is 12.0. The lowest BCUT2D eigenvalue weighted by molar-refractivity contribution is 0.0495. The normalized spacial score (nSPS) is 12.7. The van der Waals surface area contributed by atoms with E-state index in [9.17, 15) is 4.79 Å². The van der Waals surface area contributed by atoms with E-state index in [1.54, 1.807) is 18.2 Å². The van der Waals surface area contributed by atoms with Crippen molar-refractivity contribution in [3.05, 3.63) is 54.1 Å². The number of rotatable bonds is 13. The summed E-state index contributed by atoms with van der Waals surface area (Å²) in [5.41, 5.74) is 6.73. The Hall–Kier alpha value is -2.03. The number of ether oxygens (including phenoxy) is 1. The minimum absolute atomic E-state index is 0.314. The number of anilines is 1. The molecule has 1 unspecified atom stereocenters. The predicted octanol–water partition coefficient (Wildman–Crippen LogP) is 6.31. The minimum atomic E-state index is -0.345. The van der Waals surface area contributed by atoms with Crippen molar-refractivity contribution in [1.29, 1.82) is 0 Å². The van der Waals surface area contributed by atoms with Gasteiger partial charge in [-0.25, -0.2) is 4.79 Å². The van der Waals surface area contributed by atoms with Gasteiger partial charge in [-0.2, -0.15) is 0 Å². The van der Waals surface area contributed by atoms with Crippen molar-refractivity contribution in [1.82, 2.24) is 0 Å². The second-order valence-corrected chi connectivity index (χ2v) is 6.67. The maximum atomic E-state index is 12.1. The van der Waals surface area contributed by atoms with E-state index in [0.717, 1.165) is 25.7 Å². The van der Waals surface area contributed by atoms with Gasteiger partial charge in [0.25, 0.3) is 0 Å². The molecule has 0 aliphatic carbocycles. The molecule has 1 aromatic rings. The predicted molar refractivity (Wildman–Crippen MR) is 111 cm³/mol. The number of hydrogen-bond donors (Lipinski definition) is 1. The number of carbonyl (C=O) groups is 1. The Balaban J connectivity index is 2.45. The molecule has 1 aromatic carbocycles. The number of esters is 1. The second-order valence-electron chi connectivity index (χ2n) is 6.67. The highest BCUT2D eigenvalue weighted by Gasteiger charge is 2.11. The van der Waals surface area contributed by atoms with E-state index in [1.165, 1.54) is 25.7 Å². The molecule has 0 spiro atoms. The number of nitrogen functional groups attached to an aromatic ring is 1. The minimum Gasteiger partial charge on any atom is -0.462 e. The maximum absolute atomic E-state index is 12.1. The molecule has 0 fully saturated rings. The Labute approximate surface area is 159 Å². The highest BCUT2D eigenvalue weighted by atomic mass is 16.5. The van der Waals surface area contributed by atoms with Crippen LogP contribution in [-0.2, 0) is 4.74 Å². The highest BCUT2D eigenvalue weighted by Crippen LogP contribution is 2.14. The van der Waals surface area contributed by atoms with Crippen molar-refractivity contribution in [3.8, 4) is 0 Å². The Morgan fingerprint density at radius 2 is 1.77 bits per heavy atom. The first-order valence-corrected chi connectivity index (χ1v) is 10.0. The Morgan fingerprint density at radius 3 is 2.46 bits per heavy atom. The van der Waals surface area contributed by atoms with Crippen LogP contribution < -0.4 is 5.73 Å². The third-order valence-corrected chi connectivity index (χ3v) is 4.31. The molecule has 0 bridgehead atoms. The van der Waals surface area contributed by atoms with Crippen molar-refractivity contribution >= 4 is 11.7 Å². The molecule has 26 heavy (non-hydrogen) atoms. The van der Waals surface area contributed by atoms with Gasteiger partial charge in [-0.05, 0) is 43.7 Å². The average Bonchev–Trinajstić information content (AvgIpc) is 2.64. The van der Waals surface area contributed by atoms with Gasteiger partial charge in [0.05, 0.1) is 12.2 Å². The summed E-state index contributed by atoms with van der Waals surface area (Å²) in [6.45, 7) is 4.80. The first kappa shape index (κ1) is 22.0. The summed E-state index contributed by atoms with van der Waals surface area (Å²) in [6, 6.07) is 7.02. The van der Waals surface area contributed by atoms with E-state index in [1.807, 2.05) is 6.07 Å². The number of allylic oxidation sites excluding steroid dienone is 4. The zero-order valence-electron chi connectivity index (χ0n) is 16.5. The van der Waals surface area contributed by atoms with Crippen molar-refractivity contribution in [3.63, 3.8) is 0 Å². The maximum Gasteiger partial charge on any atom is 0.340 e. The summed E-state index contributed by atoms with van der Waals surface area (Å²) in [5, 5.41) is 0. The van der Waals surface area contributed by atoms with Crippen LogP contribution in [0.4, 0.5) is 5.69 Å². The molecule has 0 saturated heterocycles. The number of nitrogens with two attached hydrogens (primary N) is 1. The molecule has 0 radical (unpaired) electrons. The molecular weight excluding hydrogens is 322 g/mol. The van der Waals surface area contributed by atoms with Crippen LogP contribution in [-0.4, -0.2) is 12.6 Å². The summed E-state index contributed by atoms with van der Waals surface area (Å²) in [4.78, 5) is 12.1. The topological polar surface area (TPSA) is 52.3 Å². The van der Waals surface area contributed by atoms with Crippen molar-refractivity contribution in [2.24, 2.45) is 5.92 Å². The molecule has 0 heterocycles. The average molecular weight is 358 g/mol. The molecule has 144 valence electrons. The number of hydrogen-bond acceptors (Lipinski definition) is 3. The largest absolute Gasteiger partial charge is 0.462 e. The fourth-order valence-electron chi connectivity index (χ4n) is 2.70. The van der Waals surface area contributed by atoms with Gasteiger partial charge in [-0.15, -0.1) is 0 Å². The number of unbranched alkanes of at least 4 members (excludes halogenated alkanes) is 5. The van der Waals surface area contributed by atoms with Gasteiger partial charge in [-0.3, -0.25) is 0 Å². The van der Waals surface area contributed by atoms with E-state index in [4.69, 9.17) is 10.5 Å². The molecule has 3 heteroatoms. The van der Waals surface area contributed by atoms with Crippen LogP contribution >= 0.6 is 0 Å². The van der Waals surface area contributed by atoms with Crippen molar-refractivity contribution in [2.75, 3.05) is 12.3 Å². The third-order valence-electron chi connectivity index (χ3n) is 4.31. The molecule has 0 amide bonds. The van der Waals surface area contributed by atoms with Crippen LogP contribution in [0.2, 0.25) is 0 Å². The summed E-state index contributed by atoms with van der Waals surface area (Å²) < 4.78 is 5.42. The van der Waals surface area contributed by atoms with Crippen LogP contribution in [0.15, 0.2) is 48.6 Å². The summed E-state index contributed by atoms with van der Waals surface area (Å²) in [5.74, 6) is -0.0309. The smallest absolute Gasteiger partial charge is 0.340 e. The molecular formula is C23H35NO2. The summed E-state index contributed by atoms with van der Waals surface area (Å²) in [6.07, 6.45) is 18.3.